The van der Waals surface area contributed by atoms with Gasteiger partial charge in [0.15, 0.2) is 0 Å². The molecule has 2 fully saturated rings. The molecule has 0 bridgehead atoms. The van der Waals surface area contributed by atoms with E-state index in [2.05, 4.69) is 71.3 Å². The van der Waals surface area contributed by atoms with Gasteiger partial charge in [0.1, 0.15) is 11.9 Å². The molecule has 1 atom stereocenters. The van der Waals surface area contributed by atoms with Crippen LogP contribution in [0.1, 0.15) is 18.6 Å². The Bertz CT molecular complexity index is 991. The van der Waals surface area contributed by atoms with E-state index in [1.165, 1.54) is 10.8 Å². The lowest BCUT2D eigenvalue weighted by Gasteiger charge is -2.35. The quantitative estimate of drug-likeness (QED) is 0.655. The van der Waals surface area contributed by atoms with Gasteiger partial charge < -0.3 is 19.3 Å². The molecule has 2 aromatic carbocycles. The fraction of sp³-hybridized carbons (Fsp3) is 0.400. The van der Waals surface area contributed by atoms with Crippen molar-refractivity contribution in [3.8, 4) is 11.3 Å². The predicted molar refractivity (Wildman–Crippen MR) is 121 cm³/mol. The second kappa shape index (κ2) is 8.72. The van der Waals surface area contributed by atoms with Crippen LogP contribution >= 0.6 is 0 Å². The first-order valence-corrected chi connectivity index (χ1v) is 11.0. The number of pyridine rings is 1. The van der Waals surface area contributed by atoms with Crippen LogP contribution in [-0.4, -0.2) is 62.4 Å². The summed E-state index contributed by atoms with van der Waals surface area (Å²) in [5, 5.41) is 2.47. The summed E-state index contributed by atoms with van der Waals surface area (Å²) in [7, 11) is 0. The number of aromatic nitrogens is 1. The van der Waals surface area contributed by atoms with E-state index in [-0.39, 0.29) is 6.10 Å². The lowest BCUT2D eigenvalue weighted by molar-refractivity contribution is -0.0901. The average Bonchev–Trinajstić information content (AvgIpc) is 2.84. The molecule has 5 heteroatoms. The van der Waals surface area contributed by atoms with Crippen molar-refractivity contribution in [2.24, 2.45) is 0 Å². The van der Waals surface area contributed by atoms with Gasteiger partial charge in [0.2, 0.25) is 0 Å². The van der Waals surface area contributed by atoms with Gasteiger partial charge in [0.05, 0.1) is 25.5 Å². The Labute approximate surface area is 178 Å². The largest absolute Gasteiger partial charge is 0.376 e. The van der Waals surface area contributed by atoms with Crippen molar-refractivity contribution in [3.63, 3.8) is 0 Å². The first kappa shape index (κ1) is 19.5. The Hall–Kier alpha value is -2.47. The summed E-state index contributed by atoms with van der Waals surface area (Å²) in [6.07, 6.45) is 0.0304. The summed E-state index contributed by atoms with van der Waals surface area (Å²) in [4.78, 5) is 10.1. The third-order valence-electron chi connectivity index (χ3n) is 6.23. The van der Waals surface area contributed by atoms with E-state index < -0.39 is 0 Å². The van der Waals surface area contributed by atoms with Crippen LogP contribution < -0.4 is 4.90 Å². The minimum atomic E-state index is 0.0304. The number of piperazine rings is 1. The van der Waals surface area contributed by atoms with Gasteiger partial charge in [-0.1, -0.05) is 55.5 Å². The van der Waals surface area contributed by atoms with E-state index in [0.29, 0.717) is 19.8 Å². The number of benzene rings is 2. The minimum Gasteiger partial charge on any atom is -0.376 e. The molecule has 2 aliphatic heterocycles. The van der Waals surface area contributed by atoms with Gasteiger partial charge in [0, 0.05) is 37.1 Å². The van der Waals surface area contributed by atoms with Crippen molar-refractivity contribution in [3.05, 3.63) is 60.2 Å². The Morgan fingerprint density at radius 2 is 1.77 bits per heavy atom. The van der Waals surface area contributed by atoms with Crippen molar-refractivity contribution in [2.45, 2.75) is 13.0 Å². The Morgan fingerprint density at radius 3 is 2.50 bits per heavy atom. The highest BCUT2D eigenvalue weighted by atomic mass is 16.6. The molecule has 2 saturated heterocycles. The highest BCUT2D eigenvalue weighted by molar-refractivity contribution is 5.95. The topological polar surface area (TPSA) is 37.8 Å². The second-order valence-corrected chi connectivity index (χ2v) is 8.03. The van der Waals surface area contributed by atoms with Gasteiger partial charge in [-0.05, 0) is 23.6 Å². The smallest absolute Gasteiger partial charge is 0.137 e. The first-order valence-electron chi connectivity index (χ1n) is 11.0. The zero-order valence-electron chi connectivity index (χ0n) is 17.6. The summed E-state index contributed by atoms with van der Waals surface area (Å²) < 4.78 is 11.4. The molecule has 0 saturated carbocycles. The lowest BCUT2D eigenvalue weighted by atomic mass is 10.0. The highest BCUT2D eigenvalue weighted by Gasteiger charge is 2.20. The number of hydrogen-bond acceptors (Lipinski definition) is 5. The lowest BCUT2D eigenvalue weighted by Crippen LogP contribution is -2.46. The van der Waals surface area contributed by atoms with E-state index in [0.717, 1.165) is 55.4 Å². The number of rotatable bonds is 4. The van der Waals surface area contributed by atoms with Crippen LogP contribution in [0.4, 0.5) is 5.82 Å². The molecule has 1 unspecified atom stereocenters. The second-order valence-electron chi connectivity index (χ2n) is 8.03. The summed E-state index contributed by atoms with van der Waals surface area (Å²) >= 11 is 0. The van der Waals surface area contributed by atoms with Crippen LogP contribution in [0.3, 0.4) is 0 Å². The van der Waals surface area contributed by atoms with Crippen LogP contribution in [0.5, 0.6) is 0 Å². The van der Waals surface area contributed by atoms with Crippen molar-refractivity contribution in [1.82, 2.24) is 9.88 Å². The van der Waals surface area contributed by atoms with Gasteiger partial charge >= 0.3 is 0 Å². The molecular formula is C25H29N3O2. The van der Waals surface area contributed by atoms with Crippen LogP contribution in [0.15, 0.2) is 54.6 Å². The summed E-state index contributed by atoms with van der Waals surface area (Å²) in [6.45, 7) is 9.55. The molecule has 0 amide bonds. The Morgan fingerprint density at radius 1 is 0.967 bits per heavy atom. The van der Waals surface area contributed by atoms with Gasteiger partial charge in [0.25, 0.3) is 0 Å². The fourth-order valence-corrected chi connectivity index (χ4v) is 4.39. The number of likely N-dealkylation sites (N-methyl/N-ethyl adjacent to an activating group) is 1. The molecule has 1 aromatic heterocycles. The van der Waals surface area contributed by atoms with E-state index in [1.807, 2.05) is 0 Å². The molecule has 5 rings (SSSR count). The molecular weight excluding hydrogens is 374 g/mol. The van der Waals surface area contributed by atoms with E-state index in [1.54, 1.807) is 0 Å². The molecule has 5 nitrogen and oxygen atoms in total. The number of hydrogen-bond donors (Lipinski definition) is 0. The summed E-state index contributed by atoms with van der Waals surface area (Å²) in [5.41, 5.74) is 3.32. The maximum atomic E-state index is 5.83. The van der Waals surface area contributed by atoms with Crippen molar-refractivity contribution in [2.75, 3.05) is 57.4 Å². The van der Waals surface area contributed by atoms with Gasteiger partial charge in [-0.25, -0.2) is 4.98 Å². The van der Waals surface area contributed by atoms with Crippen molar-refractivity contribution >= 4 is 16.6 Å². The molecule has 0 radical (unpaired) electrons. The van der Waals surface area contributed by atoms with Crippen LogP contribution in [0.25, 0.3) is 22.0 Å². The zero-order valence-corrected chi connectivity index (χ0v) is 17.6. The zero-order chi connectivity index (χ0) is 20.3. The van der Waals surface area contributed by atoms with Crippen LogP contribution in [0, 0.1) is 0 Å². The molecule has 0 N–H and O–H groups in total. The van der Waals surface area contributed by atoms with Gasteiger partial charge in [-0.3, -0.25) is 0 Å². The van der Waals surface area contributed by atoms with Crippen molar-refractivity contribution in [1.29, 1.82) is 0 Å². The third-order valence-corrected chi connectivity index (χ3v) is 6.23. The molecule has 3 heterocycles. The molecule has 2 aliphatic rings. The van der Waals surface area contributed by atoms with Crippen molar-refractivity contribution < 1.29 is 9.47 Å². The van der Waals surface area contributed by atoms with Gasteiger partial charge in [-0.2, -0.15) is 0 Å². The number of anilines is 1. The molecule has 156 valence electrons. The third kappa shape index (κ3) is 3.93. The highest BCUT2D eigenvalue weighted by Crippen LogP contribution is 2.31. The van der Waals surface area contributed by atoms with Crippen LogP contribution in [-0.2, 0) is 9.47 Å². The fourth-order valence-electron chi connectivity index (χ4n) is 4.39. The SMILES string of the molecule is CCN1CCN(c2nc(-c3ccc(C4COCCO4)cc3)cc3ccccc23)CC1. The Kier molecular flexibility index (Phi) is 5.67. The van der Waals surface area contributed by atoms with E-state index in [9.17, 15) is 0 Å². The minimum absolute atomic E-state index is 0.0304. The average molecular weight is 404 g/mol. The standard InChI is InChI=1S/C25H29N3O2/c1-2-27-11-13-28(14-12-27)25-22-6-4-3-5-21(22)17-23(26-25)19-7-9-20(10-8-19)24-18-29-15-16-30-24/h3-10,17,24H,2,11-16,18H2,1H3. The molecule has 3 aromatic rings. The molecule has 30 heavy (non-hydrogen) atoms. The normalized spacial score (nSPS) is 20.6. The monoisotopic (exact) mass is 403 g/mol. The maximum absolute atomic E-state index is 5.83. The molecule has 0 spiro atoms. The Balaban J connectivity index is 1.47. The summed E-state index contributed by atoms with van der Waals surface area (Å²) in [5.74, 6) is 1.10. The first-order chi connectivity index (χ1) is 14.8. The number of fused-ring (bicyclic) bond motifs is 1. The van der Waals surface area contributed by atoms with Gasteiger partial charge in [-0.15, -0.1) is 0 Å². The number of nitrogens with zero attached hydrogens (tertiary/aromatic N) is 3. The van der Waals surface area contributed by atoms with E-state index in [4.69, 9.17) is 14.5 Å². The molecule has 0 aliphatic carbocycles. The maximum Gasteiger partial charge on any atom is 0.137 e. The number of ether oxygens (including phenoxy) is 2. The van der Waals surface area contributed by atoms with Crippen LogP contribution in [0.2, 0.25) is 0 Å². The van der Waals surface area contributed by atoms with E-state index >= 15 is 0 Å². The summed E-state index contributed by atoms with van der Waals surface area (Å²) in [6, 6.07) is 19.4. The predicted octanol–water partition coefficient (Wildman–Crippen LogP) is 4.13.